The van der Waals surface area contributed by atoms with Crippen LogP contribution in [0.3, 0.4) is 0 Å². The Hall–Kier alpha value is -2.63. The number of rotatable bonds is 5. The van der Waals surface area contributed by atoms with Gasteiger partial charge in [-0.15, -0.1) is 0 Å². The molecule has 2 aliphatic heterocycles. The first-order valence-corrected chi connectivity index (χ1v) is 11.2. The fourth-order valence-corrected chi connectivity index (χ4v) is 4.67. The first kappa shape index (κ1) is 20.6. The Kier molecular flexibility index (Phi) is 6.21. The maximum absolute atomic E-state index is 13.1. The van der Waals surface area contributed by atoms with Crippen molar-refractivity contribution in [3.8, 4) is 0 Å². The van der Waals surface area contributed by atoms with Crippen LogP contribution in [0.15, 0.2) is 34.7 Å². The highest BCUT2D eigenvalue weighted by Crippen LogP contribution is 2.31. The first-order chi connectivity index (χ1) is 14.6. The molecule has 1 unspecified atom stereocenters. The van der Waals surface area contributed by atoms with Crippen LogP contribution >= 0.6 is 0 Å². The summed E-state index contributed by atoms with van der Waals surface area (Å²) in [4.78, 5) is 34.2. The molecular weight excluding hydrogens is 378 g/mol. The molecule has 0 spiro atoms. The lowest BCUT2D eigenvalue weighted by atomic mass is 9.92. The second-order valence-electron chi connectivity index (χ2n) is 8.43. The summed E-state index contributed by atoms with van der Waals surface area (Å²) in [5.41, 5.74) is 1.54. The largest absolute Gasteiger partial charge is 0.445 e. The molecule has 2 saturated heterocycles. The van der Waals surface area contributed by atoms with Gasteiger partial charge in [0.15, 0.2) is 11.6 Å². The van der Waals surface area contributed by atoms with E-state index in [1.165, 1.54) is 0 Å². The SMILES string of the molecule is CCC(C(=O)N1CCC(c2nc(C(=O)N3CCCC3)c(C)o2)CC1)c1ccccc1. The minimum Gasteiger partial charge on any atom is -0.445 e. The van der Waals surface area contributed by atoms with Gasteiger partial charge in [0.1, 0.15) is 5.76 Å². The highest BCUT2D eigenvalue weighted by atomic mass is 16.4. The first-order valence-electron chi connectivity index (χ1n) is 11.2. The Balaban J connectivity index is 1.39. The topological polar surface area (TPSA) is 66.7 Å². The van der Waals surface area contributed by atoms with Gasteiger partial charge in [0.05, 0.1) is 5.92 Å². The molecule has 6 nitrogen and oxygen atoms in total. The standard InChI is InChI=1S/C24H31N3O3/c1-3-20(18-9-5-4-6-10-18)23(28)27-15-11-19(12-16-27)22-25-21(17(2)30-22)24(29)26-13-7-8-14-26/h4-6,9-10,19-20H,3,7-8,11-16H2,1-2H3. The maximum Gasteiger partial charge on any atom is 0.276 e. The highest BCUT2D eigenvalue weighted by Gasteiger charge is 2.32. The van der Waals surface area contributed by atoms with E-state index in [1.54, 1.807) is 0 Å². The van der Waals surface area contributed by atoms with Gasteiger partial charge in [-0.1, -0.05) is 37.3 Å². The summed E-state index contributed by atoms with van der Waals surface area (Å²) in [6.45, 7) is 6.90. The van der Waals surface area contributed by atoms with Crippen LogP contribution in [0.1, 0.15) is 78.6 Å². The van der Waals surface area contributed by atoms with Crippen LogP contribution in [0.5, 0.6) is 0 Å². The van der Waals surface area contributed by atoms with E-state index in [0.29, 0.717) is 30.4 Å². The van der Waals surface area contributed by atoms with E-state index in [4.69, 9.17) is 4.42 Å². The number of hydrogen-bond donors (Lipinski definition) is 0. The number of carbonyl (C=O) groups excluding carboxylic acids is 2. The quantitative estimate of drug-likeness (QED) is 0.745. The number of aromatic nitrogens is 1. The molecule has 160 valence electrons. The Labute approximate surface area is 178 Å². The van der Waals surface area contributed by atoms with Gasteiger partial charge in [0, 0.05) is 32.1 Å². The number of benzene rings is 1. The van der Waals surface area contributed by atoms with Gasteiger partial charge in [-0.3, -0.25) is 9.59 Å². The number of carbonyl (C=O) groups is 2. The van der Waals surface area contributed by atoms with E-state index < -0.39 is 0 Å². The van der Waals surface area contributed by atoms with Crippen LogP contribution < -0.4 is 0 Å². The van der Waals surface area contributed by atoms with E-state index in [2.05, 4.69) is 11.9 Å². The number of piperidine rings is 1. The van der Waals surface area contributed by atoms with Gasteiger partial charge in [-0.2, -0.15) is 0 Å². The Morgan fingerprint density at radius 3 is 2.37 bits per heavy atom. The van der Waals surface area contributed by atoms with Gasteiger partial charge in [0.25, 0.3) is 5.91 Å². The van der Waals surface area contributed by atoms with Crippen molar-refractivity contribution in [3.05, 3.63) is 53.2 Å². The van der Waals surface area contributed by atoms with E-state index >= 15 is 0 Å². The fraction of sp³-hybridized carbons (Fsp3) is 0.542. The van der Waals surface area contributed by atoms with Crippen molar-refractivity contribution in [2.24, 2.45) is 0 Å². The number of hydrogen-bond acceptors (Lipinski definition) is 4. The van der Waals surface area contributed by atoms with E-state index in [-0.39, 0.29) is 23.7 Å². The number of likely N-dealkylation sites (tertiary alicyclic amines) is 2. The minimum absolute atomic E-state index is 0.0127. The lowest BCUT2D eigenvalue weighted by Crippen LogP contribution is -2.40. The number of nitrogens with zero attached hydrogens (tertiary/aromatic N) is 3. The number of oxazole rings is 1. The van der Waals surface area contributed by atoms with Crippen molar-refractivity contribution in [1.82, 2.24) is 14.8 Å². The second-order valence-corrected chi connectivity index (χ2v) is 8.43. The predicted molar refractivity (Wildman–Crippen MR) is 114 cm³/mol. The molecule has 0 saturated carbocycles. The molecule has 0 radical (unpaired) electrons. The molecule has 3 heterocycles. The number of aryl methyl sites for hydroxylation is 1. The molecule has 1 atom stereocenters. The van der Waals surface area contributed by atoms with Crippen LogP contribution in [-0.4, -0.2) is 52.8 Å². The lowest BCUT2D eigenvalue weighted by Gasteiger charge is -2.33. The number of amides is 2. The van der Waals surface area contributed by atoms with Crippen molar-refractivity contribution < 1.29 is 14.0 Å². The molecule has 1 aromatic heterocycles. The summed E-state index contributed by atoms with van der Waals surface area (Å²) in [5, 5.41) is 0. The molecule has 6 heteroatoms. The second kappa shape index (κ2) is 9.02. The van der Waals surface area contributed by atoms with Gasteiger partial charge in [-0.25, -0.2) is 4.98 Å². The van der Waals surface area contributed by atoms with Gasteiger partial charge in [-0.05, 0) is 44.6 Å². The summed E-state index contributed by atoms with van der Waals surface area (Å²) in [7, 11) is 0. The van der Waals surface area contributed by atoms with Crippen LogP contribution in [0, 0.1) is 6.92 Å². The maximum atomic E-state index is 13.1. The van der Waals surface area contributed by atoms with E-state index in [9.17, 15) is 9.59 Å². The van der Waals surface area contributed by atoms with Gasteiger partial charge >= 0.3 is 0 Å². The minimum atomic E-state index is -0.0867. The Morgan fingerprint density at radius 1 is 1.07 bits per heavy atom. The lowest BCUT2D eigenvalue weighted by molar-refractivity contribution is -0.134. The molecular formula is C24H31N3O3. The van der Waals surface area contributed by atoms with Gasteiger partial charge in [0.2, 0.25) is 5.91 Å². The summed E-state index contributed by atoms with van der Waals surface area (Å²) in [5.74, 6) is 1.52. The summed E-state index contributed by atoms with van der Waals surface area (Å²) >= 11 is 0. The molecule has 1 aromatic carbocycles. The summed E-state index contributed by atoms with van der Waals surface area (Å²) in [6.07, 6.45) is 4.54. The van der Waals surface area contributed by atoms with Crippen LogP contribution in [0.4, 0.5) is 0 Å². The average Bonchev–Trinajstić information content (AvgIpc) is 3.45. The van der Waals surface area contributed by atoms with E-state index in [0.717, 1.165) is 50.8 Å². The van der Waals surface area contributed by atoms with Crippen molar-refractivity contribution in [3.63, 3.8) is 0 Å². The van der Waals surface area contributed by atoms with Crippen LogP contribution in [-0.2, 0) is 4.79 Å². The monoisotopic (exact) mass is 409 g/mol. The highest BCUT2D eigenvalue weighted by molar-refractivity contribution is 5.93. The molecule has 2 aliphatic rings. The van der Waals surface area contributed by atoms with Crippen molar-refractivity contribution >= 4 is 11.8 Å². The molecule has 0 N–H and O–H groups in total. The summed E-state index contributed by atoms with van der Waals surface area (Å²) < 4.78 is 5.91. The molecule has 2 aromatic rings. The van der Waals surface area contributed by atoms with E-state index in [1.807, 2.05) is 47.1 Å². The zero-order chi connectivity index (χ0) is 21.1. The van der Waals surface area contributed by atoms with Crippen molar-refractivity contribution in [1.29, 1.82) is 0 Å². The predicted octanol–water partition coefficient (Wildman–Crippen LogP) is 4.12. The zero-order valence-electron chi connectivity index (χ0n) is 18.0. The average molecular weight is 410 g/mol. The molecule has 0 bridgehead atoms. The van der Waals surface area contributed by atoms with Crippen LogP contribution in [0.2, 0.25) is 0 Å². The molecule has 4 rings (SSSR count). The Morgan fingerprint density at radius 2 is 1.73 bits per heavy atom. The van der Waals surface area contributed by atoms with Crippen molar-refractivity contribution in [2.45, 2.75) is 57.8 Å². The zero-order valence-corrected chi connectivity index (χ0v) is 18.0. The Bertz CT molecular complexity index is 878. The molecule has 2 fully saturated rings. The van der Waals surface area contributed by atoms with Crippen molar-refractivity contribution in [2.75, 3.05) is 26.2 Å². The third kappa shape index (κ3) is 4.13. The molecule has 30 heavy (non-hydrogen) atoms. The third-order valence-electron chi connectivity index (χ3n) is 6.47. The normalized spacial score (nSPS) is 18.6. The summed E-state index contributed by atoms with van der Waals surface area (Å²) in [6, 6.07) is 10.0. The third-order valence-corrected chi connectivity index (χ3v) is 6.47. The van der Waals surface area contributed by atoms with Crippen LogP contribution in [0.25, 0.3) is 0 Å². The van der Waals surface area contributed by atoms with Gasteiger partial charge < -0.3 is 14.2 Å². The smallest absolute Gasteiger partial charge is 0.276 e. The molecule has 2 amide bonds. The fourth-order valence-electron chi connectivity index (χ4n) is 4.67. The molecule has 0 aliphatic carbocycles.